The molecule has 9 heteroatoms. The average Bonchev–Trinajstić information content (AvgIpc) is 2.62. The molecule has 0 spiro atoms. The van der Waals surface area contributed by atoms with Crippen molar-refractivity contribution in [2.75, 3.05) is 59.5 Å². The second-order valence-electron chi connectivity index (χ2n) is 5.25. The first-order chi connectivity index (χ1) is 12.6. The summed E-state index contributed by atoms with van der Waals surface area (Å²) in [6, 6.07) is 0. The first kappa shape index (κ1) is 24.5. The summed E-state index contributed by atoms with van der Waals surface area (Å²) >= 11 is 0. The Hall–Kier alpha value is -1.55. The standard InChI is InChI=1S/C17H30O9/c1-2-3-6-22-7-8-23-9-10-24-11-12-25-13-14-26-16(19)5-4-15(18)17(20)21/h2-14H2,1H3,(H,20,21). The number of hydrogen-bond acceptors (Lipinski definition) is 8. The monoisotopic (exact) mass is 378 g/mol. The van der Waals surface area contributed by atoms with Crippen molar-refractivity contribution in [2.24, 2.45) is 0 Å². The molecule has 0 aromatic rings. The van der Waals surface area contributed by atoms with Gasteiger partial charge in [0.1, 0.15) is 6.61 Å². The molecule has 0 bridgehead atoms. The number of ether oxygens (including phenoxy) is 5. The van der Waals surface area contributed by atoms with E-state index >= 15 is 0 Å². The lowest BCUT2D eigenvalue weighted by Gasteiger charge is -2.08. The minimum Gasteiger partial charge on any atom is -0.476 e. The quantitative estimate of drug-likeness (QED) is 0.198. The Morgan fingerprint density at radius 3 is 1.62 bits per heavy atom. The summed E-state index contributed by atoms with van der Waals surface area (Å²) in [6.45, 7) is 5.97. The molecule has 1 N–H and O–H groups in total. The maximum atomic E-state index is 11.2. The molecule has 0 atom stereocenters. The Kier molecular flexibility index (Phi) is 17.2. The van der Waals surface area contributed by atoms with Crippen molar-refractivity contribution in [1.82, 2.24) is 0 Å². The zero-order valence-electron chi connectivity index (χ0n) is 15.4. The van der Waals surface area contributed by atoms with Gasteiger partial charge in [-0.2, -0.15) is 0 Å². The summed E-state index contributed by atoms with van der Waals surface area (Å²) in [5.74, 6) is -3.19. The fourth-order valence-corrected chi connectivity index (χ4v) is 1.62. The topological polar surface area (TPSA) is 118 Å². The van der Waals surface area contributed by atoms with Gasteiger partial charge in [-0.15, -0.1) is 0 Å². The molecule has 0 aromatic carbocycles. The summed E-state index contributed by atoms with van der Waals surface area (Å²) in [5.41, 5.74) is 0. The second kappa shape index (κ2) is 18.2. The lowest BCUT2D eigenvalue weighted by atomic mass is 10.2. The highest BCUT2D eigenvalue weighted by molar-refractivity contribution is 6.32. The Morgan fingerprint density at radius 2 is 1.15 bits per heavy atom. The fourth-order valence-electron chi connectivity index (χ4n) is 1.62. The van der Waals surface area contributed by atoms with Crippen LogP contribution in [0.25, 0.3) is 0 Å². The van der Waals surface area contributed by atoms with Crippen molar-refractivity contribution in [2.45, 2.75) is 32.6 Å². The van der Waals surface area contributed by atoms with Crippen LogP contribution in [0.15, 0.2) is 0 Å². The number of aliphatic carboxylic acids is 1. The normalized spacial score (nSPS) is 10.7. The van der Waals surface area contributed by atoms with E-state index in [4.69, 9.17) is 28.8 Å². The summed E-state index contributed by atoms with van der Waals surface area (Å²) in [5, 5.41) is 8.36. The lowest BCUT2D eigenvalue weighted by Crippen LogP contribution is -2.17. The van der Waals surface area contributed by atoms with Gasteiger partial charge in [0.05, 0.1) is 52.7 Å². The maximum Gasteiger partial charge on any atom is 0.372 e. The van der Waals surface area contributed by atoms with Gasteiger partial charge in [0.2, 0.25) is 5.78 Å². The molecule has 0 unspecified atom stereocenters. The van der Waals surface area contributed by atoms with Crippen molar-refractivity contribution in [3.8, 4) is 0 Å². The van der Waals surface area contributed by atoms with Gasteiger partial charge in [-0.1, -0.05) is 13.3 Å². The predicted molar refractivity (Wildman–Crippen MR) is 91.0 cm³/mol. The van der Waals surface area contributed by atoms with E-state index in [9.17, 15) is 14.4 Å². The van der Waals surface area contributed by atoms with E-state index in [1.165, 1.54) is 0 Å². The predicted octanol–water partition coefficient (Wildman–Crippen LogP) is 0.830. The van der Waals surface area contributed by atoms with Crippen LogP contribution in [0.4, 0.5) is 0 Å². The molecule has 0 aliphatic heterocycles. The third-order valence-corrected chi connectivity index (χ3v) is 3.04. The van der Waals surface area contributed by atoms with Crippen LogP contribution in [0.5, 0.6) is 0 Å². The third kappa shape index (κ3) is 17.3. The molecule has 9 nitrogen and oxygen atoms in total. The number of Topliss-reactive ketones (excluding diaryl/α,β-unsaturated/α-hetero) is 1. The number of unbranched alkanes of at least 4 members (excludes halogenated alkanes) is 1. The zero-order chi connectivity index (χ0) is 19.5. The van der Waals surface area contributed by atoms with Gasteiger partial charge in [-0.3, -0.25) is 9.59 Å². The Bertz CT molecular complexity index is 384. The molecular weight excluding hydrogens is 348 g/mol. The van der Waals surface area contributed by atoms with E-state index in [0.29, 0.717) is 39.6 Å². The Morgan fingerprint density at radius 1 is 0.692 bits per heavy atom. The van der Waals surface area contributed by atoms with E-state index in [2.05, 4.69) is 6.92 Å². The summed E-state index contributed by atoms with van der Waals surface area (Å²) in [7, 11) is 0. The van der Waals surface area contributed by atoms with Crippen molar-refractivity contribution in [3.63, 3.8) is 0 Å². The molecule has 26 heavy (non-hydrogen) atoms. The van der Waals surface area contributed by atoms with Crippen molar-refractivity contribution in [3.05, 3.63) is 0 Å². The third-order valence-electron chi connectivity index (χ3n) is 3.04. The number of esters is 1. The Balaban J connectivity index is 3.20. The van der Waals surface area contributed by atoms with Crippen LogP contribution in [0.3, 0.4) is 0 Å². The first-order valence-corrected chi connectivity index (χ1v) is 8.80. The van der Waals surface area contributed by atoms with Crippen LogP contribution >= 0.6 is 0 Å². The number of rotatable bonds is 19. The lowest BCUT2D eigenvalue weighted by molar-refractivity contribution is -0.151. The number of ketones is 1. The van der Waals surface area contributed by atoms with E-state index in [1.807, 2.05) is 0 Å². The molecule has 152 valence electrons. The van der Waals surface area contributed by atoms with Gasteiger partial charge >= 0.3 is 11.9 Å². The largest absolute Gasteiger partial charge is 0.476 e. The van der Waals surface area contributed by atoms with Crippen LogP contribution in [-0.2, 0) is 38.1 Å². The number of carbonyl (C=O) groups is 3. The van der Waals surface area contributed by atoms with Gasteiger partial charge in [0.25, 0.3) is 0 Å². The van der Waals surface area contributed by atoms with Gasteiger partial charge in [-0.05, 0) is 6.42 Å². The summed E-state index contributed by atoms with van der Waals surface area (Å²) < 4.78 is 26.0. The Labute approximate surface area is 153 Å². The van der Waals surface area contributed by atoms with Gasteiger partial charge in [0.15, 0.2) is 0 Å². The van der Waals surface area contributed by atoms with Crippen LogP contribution in [0.1, 0.15) is 32.6 Å². The van der Waals surface area contributed by atoms with E-state index in [0.717, 1.165) is 19.4 Å². The van der Waals surface area contributed by atoms with Crippen LogP contribution < -0.4 is 0 Å². The molecule has 0 saturated carbocycles. The zero-order valence-corrected chi connectivity index (χ0v) is 15.4. The van der Waals surface area contributed by atoms with Crippen LogP contribution in [0.2, 0.25) is 0 Å². The molecular formula is C17H30O9. The minimum absolute atomic E-state index is 0.0429. The SMILES string of the molecule is CCCCOCCOCCOCCOCCOC(=O)CCC(=O)C(=O)O. The van der Waals surface area contributed by atoms with Crippen molar-refractivity contribution in [1.29, 1.82) is 0 Å². The van der Waals surface area contributed by atoms with E-state index in [-0.39, 0.29) is 26.1 Å². The highest BCUT2D eigenvalue weighted by atomic mass is 16.6. The fraction of sp³-hybridized carbons (Fsp3) is 0.824. The van der Waals surface area contributed by atoms with E-state index < -0.39 is 17.7 Å². The van der Waals surface area contributed by atoms with Gasteiger partial charge < -0.3 is 28.8 Å². The smallest absolute Gasteiger partial charge is 0.372 e. The molecule has 0 aliphatic rings. The maximum absolute atomic E-state index is 11.2. The molecule has 0 rings (SSSR count). The number of hydrogen-bond donors (Lipinski definition) is 1. The molecule has 0 saturated heterocycles. The molecule has 0 aromatic heterocycles. The molecule has 0 amide bonds. The highest BCUT2D eigenvalue weighted by Gasteiger charge is 2.13. The van der Waals surface area contributed by atoms with E-state index in [1.54, 1.807) is 0 Å². The average molecular weight is 378 g/mol. The van der Waals surface area contributed by atoms with Gasteiger partial charge in [-0.25, -0.2) is 4.79 Å². The second-order valence-corrected chi connectivity index (χ2v) is 5.25. The summed E-state index contributed by atoms with van der Waals surface area (Å²) in [6.07, 6.45) is 1.56. The van der Waals surface area contributed by atoms with Crippen LogP contribution in [-0.4, -0.2) is 82.3 Å². The number of carboxylic acids is 1. The first-order valence-electron chi connectivity index (χ1n) is 8.80. The van der Waals surface area contributed by atoms with Gasteiger partial charge in [0, 0.05) is 13.0 Å². The minimum atomic E-state index is -1.55. The molecule has 0 heterocycles. The van der Waals surface area contributed by atoms with Crippen molar-refractivity contribution >= 4 is 17.7 Å². The summed E-state index contributed by atoms with van der Waals surface area (Å²) in [4.78, 5) is 32.3. The molecule has 0 fully saturated rings. The number of carbonyl (C=O) groups excluding carboxylic acids is 2. The van der Waals surface area contributed by atoms with Crippen molar-refractivity contribution < 1.29 is 43.2 Å². The molecule has 0 aliphatic carbocycles. The van der Waals surface area contributed by atoms with Crippen LogP contribution in [0, 0.1) is 0 Å². The molecule has 0 radical (unpaired) electrons. The number of carboxylic acid groups (broad SMARTS) is 1. The highest BCUT2D eigenvalue weighted by Crippen LogP contribution is 1.95.